The normalized spacial score (nSPS) is 21.9. The van der Waals surface area contributed by atoms with Gasteiger partial charge >= 0.3 is 0 Å². The third-order valence-corrected chi connectivity index (χ3v) is 5.34. The highest BCUT2D eigenvalue weighted by Gasteiger charge is 2.27. The fourth-order valence-electron chi connectivity index (χ4n) is 3.69. The fraction of sp³-hybridized carbons (Fsp3) is 0.632. The first kappa shape index (κ1) is 19.3. The van der Waals surface area contributed by atoms with E-state index in [1.54, 1.807) is 7.11 Å². The van der Waals surface area contributed by atoms with E-state index in [1.165, 1.54) is 6.42 Å². The number of methoxy groups -OCH3 is 1. The number of hydrogen-bond donors (Lipinski definition) is 1. The van der Waals surface area contributed by atoms with Crippen LogP contribution in [0.1, 0.15) is 12.0 Å². The van der Waals surface area contributed by atoms with Crippen LogP contribution in [0.4, 0.5) is 0 Å². The zero-order chi connectivity index (χ0) is 18.4. The Balaban J connectivity index is 1.51. The molecule has 26 heavy (non-hydrogen) atoms. The van der Waals surface area contributed by atoms with Crippen LogP contribution in [0.25, 0.3) is 0 Å². The van der Waals surface area contributed by atoms with Gasteiger partial charge in [-0.15, -0.1) is 0 Å². The number of benzene rings is 1. The molecule has 1 aromatic rings. The van der Waals surface area contributed by atoms with Crippen LogP contribution >= 0.6 is 11.6 Å². The molecule has 0 saturated carbocycles. The number of guanidine groups is 1. The second-order valence-electron chi connectivity index (χ2n) is 6.87. The molecule has 0 aromatic heterocycles. The van der Waals surface area contributed by atoms with Crippen LogP contribution in [-0.2, 0) is 11.3 Å². The summed E-state index contributed by atoms with van der Waals surface area (Å²) in [5.74, 6) is 2.44. The summed E-state index contributed by atoms with van der Waals surface area (Å²) in [5, 5.41) is 4.15. The van der Waals surface area contributed by atoms with Crippen molar-refractivity contribution in [3.8, 4) is 5.75 Å². The summed E-state index contributed by atoms with van der Waals surface area (Å²) in [6.07, 6.45) is 1.21. The van der Waals surface area contributed by atoms with Crippen molar-refractivity contribution in [2.45, 2.75) is 13.0 Å². The zero-order valence-corrected chi connectivity index (χ0v) is 16.5. The molecule has 1 N–H and O–H groups in total. The minimum absolute atomic E-state index is 0.664. The van der Waals surface area contributed by atoms with Gasteiger partial charge < -0.3 is 19.7 Å². The van der Waals surface area contributed by atoms with Crippen molar-refractivity contribution in [3.63, 3.8) is 0 Å². The van der Waals surface area contributed by atoms with Gasteiger partial charge in [-0.1, -0.05) is 17.7 Å². The Morgan fingerprint density at radius 3 is 2.88 bits per heavy atom. The summed E-state index contributed by atoms with van der Waals surface area (Å²) in [5.41, 5.74) is 1.07. The number of morpholine rings is 1. The van der Waals surface area contributed by atoms with Crippen LogP contribution in [0.2, 0.25) is 5.02 Å². The van der Waals surface area contributed by atoms with Gasteiger partial charge in [0.05, 0.1) is 20.3 Å². The number of ether oxygens (including phenoxy) is 2. The van der Waals surface area contributed by atoms with Crippen molar-refractivity contribution in [2.75, 3.05) is 60.1 Å². The predicted octanol–water partition coefficient (Wildman–Crippen LogP) is 2.08. The van der Waals surface area contributed by atoms with Crippen molar-refractivity contribution in [2.24, 2.45) is 10.9 Å². The van der Waals surface area contributed by atoms with E-state index in [1.807, 2.05) is 25.2 Å². The summed E-state index contributed by atoms with van der Waals surface area (Å²) >= 11 is 6.04. The lowest BCUT2D eigenvalue weighted by Gasteiger charge is -2.29. The Morgan fingerprint density at radius 1 is 1.35 bits per heavy atom. The van der Waals surface area contributed by atoms with E-state index in [2.05, 4.69) is 20.1 Å². The van der Waals surface area contributed by atoms with Gasteiger partial charge in [-0.25, -0.2) is 0 Å². The molecule has 144 valence electrons. The lowest BCUT2D eigenvalue weighted by atomic mass is 10.1. The third-order valence-electron chi connectivity index (χ3n) is 5.10. The fourth-order valence-corrected chi connectivity index (χ4v) is 3.86. The van der Waals surface area contributed by atoms with E-state index in [4.69, 9.17) is 21.1 Å². The number of nitrogens with one attached hydrogen (secondary N) is 1. The van der Waals surface area contributed by atoms with Gasteiger partial charge in [0.2, 0.25) is 0 Å². The van der Waals surface area contributed by atoms with Crippen LogP contribution in [-0.4, -0.2) is 75.9 Å². The quantitative estimate of drug-likeness (QED) is 0.626. The van der Waals surface area contributed by atoms with Gasteiger partial charge in [-0.3, -0.25) is 9.89 Å². The Hall–Kier alpha value is -1.50. The average Bonchev–Trinajstić information content (AvgIpc) is 3.12. The van der Waals surface area contributed by atoms with E-state index in [-0.39, 0.29) is 0 Å². The summed E-state index contributed by atoms with van der Waals surface area (Å²) in [6, 6.07) is 5.72. The molecule has 2 fully saturated rings. The largest absolute Gasteiger partial charge is 0.496 e. The molecule has 0 spiro atoms. The number of aliphatic imine (C=N–C) groups is 1. The lowest BCUT2D eigenvalue weighted by Crippen LogP contribution is -2.42. The van der Waals surface area contributed by atoms with Crippen molar-refractivity contribution >= 4 is 17.6 Å². The third kappa shape index (κ3) is 5.02. The second-order valence-corrected chi connectivity index (χ2v) is 7.31. The molecule has 0 aliphatic carbocycles. The highest BCUT2D eigenvalue weighted by molar-refractivity contribution is 6.30. The number of likely N-dealkylation sites (tertiary alicyclic amines) is 1. The van der Waals surface area contributed by atoms with E-state index < -0.39 is 0 Å². The smallest absolute Gasteiger partial charge is 0.193 e. The number of rotatable bonds is 5. The van der Waals surface area contributed by atoms with Crippen molar-refractivity contribution in [1.29, 1.82) is 0 Å². The SMILES string of the molecule is CN=C(NCc1ccc(Cl)cc1OC)N1CCC(CN2CCOCC2)C1. The molecule has 3 rings (SSSR count). The topological polar surface area (TPSA) is 49.3 Å². The van der Waals surface area contributed by atoms with Crippen LogP contribution in [0, 0.1) is 5.92 Å². The maximum atomic E-state index is 6.04. The molecule has 0 amide bonds. The zero-order valence-electron chi connectivity index (χ0n) is 15.7. The lowest BCUT2D eigenvalue weighted by molar-refractivity contribution is 0.0315. The van der Waals surface area contributed by atoms with Crippen LogP contribution in [0.3, 0.4) is 0 Å². The molecular formula is C19H29ClN4O2. The van der Waals surface area contributed by atoms with Crippen LogP contribution < -0.4 is 10.1 Å². The Labute approximate surface area is 161 Å². The first-order valence-corrected chi connectivity index (χ1v) is 9.65. The van der Waals surface area contributed by atoms with Crippen molar-refractivity contribution in [3.05, 3.63) is 28.8 Å². The number of nitrogens with zero attached hydrogens (tertiary/aromatic N) is 3. The average molecular weight is 381 g/mol. The molecule has 1 unspecified atom stereocenters. The monoisotopic (exact) mass is 380 g/mol. The molecule has 2 aliphatic heterocycles. The summed E-state index contributed by atoms with van der Waals surface area (Å²) in [6.45, 7) is 7.76. The van der Waals surface area contributed by atoms with E-state index in [0.717, 1.165) is 63.2 Å². The van der Waals surface area contributed by atoms with Crippen molar-refractivity contribution in [1.82, 2.24) is 15.1 Å². The van der Waals surface area contributed by atoms with Crippen molar-refractivity contribution < 1.29 is 9.47 Å². The van der Waals surface area contributed by atoms with E-state index in [0.29, 0.717) is 17.5 Å². The van der Waals surface area contributed by atoms with Gasteiger partial charge in [0.25, 0.3) is 0 Å². The molecule has 0 bridgehead atoms. The molecule has 0 radical (unpaired) electrons. The minimum Gasteiger partial charge on any atom is -0.496 e. The van der Waals surface area contributed by atoms with Gasteiger partial charge in [0.1, 0.15) is 5.75 Å². The highest BCUT2D eigenvalue weighted by atomic mass is 35.5. The van der Waals surface area contributed by atoms with Crippen LogP contribution in [0.15, 0.2) is 23.2 Å². The summed E-state index contributed by atoms with van der Waals surface area (Å²) < 4.78 is 10.9. The molecule has 6 nitrogen and oxygen atoms in total. The van der Waals surface area contributed by atoms with Gasteiger partial charge in [-0.2, -0.15) is 0 Å². The van der Waals surface area contributed by atoms with Gasteiger partial charge in [0.15, 0.2) is 5.96 Å². The summed E-state index contributed by atoms with van der Waals surface area (Å²) in [7, 11) is 3.51. The molecule has 1 atom stereocenters. The summed E-state index contributed by atoms with van der Waals surface area (Å²) in [4.78, 5) is 9.35. The number of hydrogen-bond acceptors (Lipinski definition) is 4. The standard InChI is InChI=1S/C19H29ClN4O2/c1-21-19(22-12-16-3-4-17(20)11-18(16)25-2)24-6-5-15(14-24)13-23-7-9-26-10-8-23/h3-4,11,15H,5-10,12-14H2,1-2H3,(H,21,22). The van der Waals surface area contributed by atoms with Gasteiger partial charge in [0, 0.05) is 56.9 Å². The molecule has 2 aliphatic rings. The first-order chi connectivity index (χ1) is 12.7. The Bertz CT molecular complexity index is 620. The predicted molar refractivity (Wildman–Crippen MR) is 105 cm³/mol. The minimum atomic E-state index is 0.664. The second kappa shape index (κ2) is 9.44. The molecule has 2 saturated heterocycles. The van der Waals surface area contributed by atoms with Gasteiger partial charge in [-0.05, 0) is 24.5 Å². The molecular weight excluding hydrogens is 352 g/mol. The molecule has 1 aromatic carbocycles. The van der Waals surface area contributed by atoms with Crippen LogP contribution in [0.5, 0.6) is 5.75 Å². The highest BCUT2D eigenvalue weighted by Crippen LogP contribution is 2.23. The molecule has 7 heteroatoms. The maximum Gasteiger partial charge on any atom is 0.193 e. The van der Waals surface area contributed by atoms with E-state index >= 15 is 0 Å². The first-order valence-electron chi connectivity index (χ1n) is 9.27. The molecule has 2 heterocycles. The van der Waals surface area contributed by atoms with E-state index in [9.17, 15) is 0 Å². The Kier molecular flexibility index (Phi) is 7.00. The number of halogens is 1. The Morgan fingerprint density at radius 2 is 2.15 bits per heavy atom. The maximum absolute atomic E-state index is 6.04.